The van der Waals surface area contributed by atoms with Crippen LogP contribution >= 0.6 is 11.6 Å². The number of amides is 1. The number of nitrogens with zero attached hydrogens (tertiary/aromatic N) is 6. The molecule has 0 spiro atoms. The molecule has 0 radical (unpaired) electrons. The van der Waals surface area contributed by atoms with E-state index >= 15 is 0 Å². The number of anilines is 1. The standard InChI is InChI=1S/C23H23ClN6O2/c1-15-13-28(10-11-29(15)23(31)32-14-17-6-4-3-5-7-17)22-25-20-12-18(24)8-9-19(20)21-27-26-16(2)30(21)22/h3-9,12,15H,10-11,13-14H2,1-2H3. The van der Waals surface area contributed by atoms with E-state index in [-0.39, 0.29) is 18.7 Å². The second kappa shape index (κ2) is 8.27. The van der Waals surface area contributed by atoms with Gasteiger partial charge in [-0.3, -0.25) is 0 Å². The van der Waals surface area contributed by atoms with Crippen LogP contribution in [0.25, 0.3) is 16.6 Å². The second-order valence-electron chi connectivity index (χ2n) is 8.01. The molecule has 9 heteroatoms. The summed E-state index contributed by atoms with van der Waals surface area (Å²) in [5, 5.41) is 10.2. The molecule has 1 unspecified atom stereocenters. The molecule has 1 atom stereocenters. The minimum atomic E-state index is -0.301. The van der Waals surface area contributed by atoms with Crippen LogP contribution in [0.5, 0.6) is 0 Å². The van der Waals surface area contributed by atoms with Crippen LogP contribution in [0.15, 0.2) is 48.5 Å². The average molecular weight is 451 g/mol. The van der Waals surface area contributed by atoms with Crippen LogP contribution in [0, 0.1) is 6.92 Å². The van der Waals surface area contributed by atoms with Gasteiger partial charge in [-0.1, -0.05) is 41.9 Å². The van der Waals surface area contributed by atoms with E-state index in [1.165, 1.54) is 0 Å². The van der Waals surface area contributed by atoms with Gasteiger partial charge in [-0.05, 0) is 37.6 Å². The molecule has 3 heterocycles. The van der Waals surface area contributed by atoms with Crippen molar-refractivity contribution in [2.45, 2.75) is 26.5 Å². The lowest BCUT2D eigenvalue weighted by atomic mass is 10.2. The van der Waals surface area contributed by atoms with Crippen molar-refractivity contribution in [2.24, 2.45) is 0 Å². The minimum absolute atomic E-state index is 0.0456. The number of aryl methyl sites for hydroxylation is 1. The first kappa shape index (κ1) is 20.5. The Morgan fingerprint density at radius 3 is 2.75 bits per heavy atom. The highest BCUT2D eigenvalue weighted by Crippen LogP contribution is 2.27. The van der Waals surface area contributed by atoms with E-state index in [0.29, 0.717) is 24.7 Å². The first-order valence-electron chi connectivity index (χ1n) is 10.5. The topological polar surface area (TPSA) is 75.9 Å². The monoisotopic (exact) mass is 450 g/mol. The van der Waals surface area contributed by atoms with Crippen molar-refractivity contribution in [3.05, 3.63) is 64.9 Å². The Morgan fingerprint density at radius 1 is 1.16 bits per heavy atom. The molecule has 2 aromatic heterocycles. The number of rotatable bonds is 3. The Bertz CT molecular complexity index is 1290. The van der Waals surface area contributed by atoms with Crippen molar-refractivity contribution in [3.8, 4) is 0 Å². The fraction of sp³-hybridized carbons (Fsp3) is 0.304. The summed E-state index contributed by atoms with van der Waals surface area (Å²) in [6.07, 6.45) is -0.301. The molecule has 1 aliphatic rings. The summed E-state index contributed by atoms with van der Waals surface area (Å²) in [6, 6.07) is 15.2. The van der Waals surface area contributed by atoms with Crippen LogP contribution in [-0.2, 0) is 11.3 Å². The summed E-state index contributed by atoms with van der Waals surface area (Å²) in [6.45, 7) is 5.97. The van der Waals surface area contributed by atoms with Crippen LogP contribution in [0.1, 0.15) is 18.3 Å². The number of piperazine rings is 1. The molecule has 1 aliphatic heterocycles. The summed E-state index contributed by atoms with van der Waals surface area (Å²) in [5.41, 5.74) is 2.48. The molecule has 1 fully saturated rings. The van der Waals surface area contributed by atoms with E-state index in [2.05, 4.69) is 15.1 Å². The van der Waals surface area contributed by atoms with Crippen molar-refractivity contribution >= 4 is 40.2 Å². The van der Waals surface area contributed by atoms with Gasteiger partial charge in [-0.25, -0.2) is 14.2 Å². The fourth-order valence-corrected chi connectivity index (χ4v) is 4.31. The summed E-state index contributed by atoms with van der Waals surface area (Å²) < 4.78 is 7.50. The highest BCUT2D eigenvalue weighted by molar-refractivity contribution is 6.31. The van der Waals surface area contributed by atoms with Gasteiger partial charge in [-0.15, -0.1) is 10.2 Å². The van der Waals surface area contributed by atoms with Crippen LogP contribution in [0.4, 0.5) is 10.7 Å². The number of ether oxygens (including phenoxy) is 1. The molecule has 2 aromatic carbocycles. The van der Waals surface area contributed by atoms with E-state index in [0.717, 1.165) is 33.9 Å². The van der Waals surface area contributed by atoms with Gasteiger partial charge in [0.15, 0.2) is 5.65 Å². The third-order valence-corrected chi connectivity index (χ3v) is 6.03. The highest BCUT2D eigenvalue weighted by atomic mass is 35.5. The lowest BCUT2D eigenvalue weighted by molar-refractivity contribution is 0.0793. The van der Waals surface area contributed by atoms with Gasteiger partial charge < -0.3 is 14.5 Å². The normalized spacial score (nSPS) is 16.7. The van der Waals surface area contributed by atoms with Gasteiger partial charge in [0.1, 0.15) is 12.4 Å². The largest absolute Gasteiger partial charge is 0.445 e. The summed E-state index contributed by atoms with van der Waals surface area (Å²) in [7, 11) is 0. The first-order chi connectivity index (χ1) is 15.5. The molecule has 164 valence electrons. The average Bonchev–Trinajstić information content (AvgIpc) is 3.19. The maximum Gasteiger partial charge on any atom is 0.410 e. The van der Waals surface area contributed by atoms with Gasteiger partial charge >= 0.3 is 6.09 Å². The van der Waals surface area contributed by atoms with Gasteiger partial charge in [0, 0.05) is 36.1 Å². The number of hydrogen-bond donors (Lipinski definition) is 0. The Morgan fingerprint density at radius 2 is 1.97 bits per heavy atom. The molecule has 1 amide bonds. The Kier molecular flexibility index (Phi) is 5.30. The molecular formula is C23H23ClN6O2. The van der Waals surface area contributed by atoms with Gasteiger partial charge in [-0.2, -0.15) is 0 Å². The predicted octanol–water partition coefficient (Wildman–Crippen LogP) is 4.09. The smallest absolute Gasteiger partial charge is 0.410 e. The van der Waals surface area contributed by atoms with E-state index < -0.39 is 0 Å². The number of aromatic nitrogens is 4. The fourth-order valence-electron chi connectivity index (χ4n) is 4.15. The molecule has 0 N–H and O–H groups in total. The zero-order valence-corrected chi connectivity index (χ0v) is 18.7. The maximum absolute atomic E-state index is 12.7. The highest BCUT2D eigenvalue weighted by Gasteiger charge is 2.31. The van der Waals surface area contributed by atoms with Crippen molar-refractivity contribution in [1.29, 1.82) is 0 Å². The Labute approximate surface area is 190 Å². The lowest BCUT2D eigenvalue weighted by Crippen LogP contribution is -2.54. The molecule has 5 rings (SSSR count). The summed E-state index contributed by atoms with van der Waals surface area (Å²) >= 11 is 6.21. The van der Waals surface area contributed by atoms with E-state index in [9.17, 15) is 4.79 Å². The second-order valence-corrected chi connectivity index (χ2v) is 8.44. The van der Waals surface area contributed by atoms with Crippen molar-refractivity contribution in [2.75, 3.05) is 24.5 Å². The zero-order chi connectivity index (χ0) is 22.2. The number of fused-ring (bicyclic) bond motifs is 3. The SMILES string of the molecule is Cc1nnc2c3ccc(Cl)cc3nc(N3CCN(C(=O)OCc4ccccc4)C(C)C3)n12. The molecule has 0 bridgehead atoms. The quantitative estimate of drug-likeness (QED) is 0.468. The first-order valence-corrected chi connectivity index (χ1v) is 10.9. The number of carbonyl (C=O) groups is 1. The van der Waals surface area contributed by atoms with Crippen molar-refractivity contribution in [3.63, 3.8) is 0 Å². The molecule has 1 saturated heterocycles. The van der Waals surface area contributed by atoms with Crippen LogP contribution in [-0.4, -0.2) is 56.3 Å². The summed E-state index contributed by atoms with van der Waals surface area (Å²) in [5.74, 6) is 1.51. The molecule has 8 nitrogen and oxygen atoms in total. The minimum Gasteiger partial charge on any atom is -0.445 e. The Hall–Kier alpha value is -3.39. The third kappa shape index (κ3) is 3.71. The van der Waals surface area contributed by atoms with Crippen LogP contribution in [0.3, 0.4) is 0 Å². The zero-order valence-electron chi connectivity index (χ0n) is 17.9. The van der Waals surface area contributed by atoms with Gasteiger partial charge in [0.25, 0.3) is 0 Å². The molecule has 0 saturated carbocycles. The van der Waals surface area contributed by atoms with E-state index in [1.54, 1.807) is 4.90 Å². The number of halogens is 1. The number of benzene rings is 2. The van der Waals surface area contributed by atoms with E-state index in [4.69, 9.17) is 21.3 Å². The van der Waals surface area contributed by atoms with E-state index in [1.807, 2.05) is 66.8 Å². The lowest BCUT2D eigenvalue weighted by Gasteiger charge is -2.39. The van der Waals surface area contributed by atoms with Crippen LogP contribution < -0.4 is 4.90 Å². The van der Waals surface area contributed by atoms with Crippen molar-refractivity contribution < 1.29 is 9.53 Å². The molecule has 0 aliphatic carbocycles. The molecule has 4 aromatic rings. The number of hydrogen-bond acceptors (Lipinski definition) is 6. The number of carbonyl (C=O) groups excluding carboxylic acids is 1. The molecular weight excluding hydrogens is 428 g/mol. The van der Waals surface area contributed by atoms with Crippen molar-refractivity contribution in [1.82, 2.24) is 24.5 Å². The summed E-state index contributed by atoms with van der Waals surface area (Å²) in [4.78, 5) is 21.5. The van der Waals surface area contributed by atoms with Gasteiger partial charge in [0.2, 0.25) is 5.95 Å². The maximum atomic E-state index is 12.7. The Balaban J connectivity index is 1.38. The van der Waals surface area contributed by atoms with Gasteiger partial charge in [0.05, 0.1) is 5.52 Å². The predicted molar refractivity (Wildman–Crippen MR) is 123 cm³/mol. The molecule has 32 heavy (non-hydrogen) atoms. The van der Waals surface area contributed by atoms with Crippen LogP contribution in [0.2, 0.25) is 5.02 Å². The third-order valence-electron chi connectivity index (χ3n) is 5.80.